The minimum atomic E-state index is 0.658. The van der Waals surface area contributed by atoms with Crippen LogP contribution < -0.4 is 0 Å². The van der Waals surface area contributed by atoms with E-state index in [2.05, 4.69) is 43.4 Å². The van der Waals surface area contributed by atoms with Crippen molar-refractivity contribution in [1.82, 2.24) is 0 Å². The highest BCUT2D eigenvalue weighted by Crippen LogP contribution is 2.29. The molecule has 0 aliphatic heterocycles. The highest BCUT2D eigenvalue weighted by Gasteiger charge is 2.13. The van der Waals surface area contributed by atoms with Gasteiger partial charge in [0.15, 0.2) is 0 Å². The van der Waals surface area contributed by atoms with Gasteiger partial charge < -0.3 is 0 Å². The van der Waals surface area contributed by atoms with Crippen LogP contribution in [0.2, 0.25) is 0 Å². The molecule has 0 aromatic carbocycles. The second-order valence-electron chi connectivity index (χ2n) is 3.36. The molecular formula is C12H14. The van der Waals surface area contributed by atoms with Crippen LogP contribution in [0.1, 0.15) is 19.8 Å². The van der Waals surface area contributed by atoms with Crippen molar-refractivity contribution in [1.29, 1.82) is 0 Å². The molecule has 0 aromatic rings. The summed E-state index contributed by atoms with van der Waals surface area (Å²) in [7, 11) is 0. The van der Waals surface area contributed by atoms with Crippen LogP contribution in [0, 0.1) is 5.92 Å². The van der Waals surface area contributed by atoms with Crippen LogP contribution in [-0.2, 0) is 0 Å². The summed E-state index contributed by atoms with van der Waals surface area (Å²) in [6.45, 7) is 2.21. The third kappa shape index (κ3) is 1.29. The summed E-state index contributed by atoms with van der Waals surface area (Å²) >= 11 is 0. The molecule has 0 spiro atoms. The SMILES string of the molecule is CCC1=CC[C@@H]2C=CC=CC2=C1. The monoisotopic (exact) mass is 158 g/mol. The van der Waals surface area contributed by atoms with E-state index in [1.807, 2.05) is 0 Å². The maximum atomic E-state index is 2.36. The molecule has 0 unspecified atom stereocenters. The minimum absolute atomic E-state index is 0.658. The van der Waals surface area contributed by atoms with E-state index in [1.165, 1.54) is 17.6 Å². The summed E-state index contributed by atoms with van der Waals surface area (Å²) in [4.78, 5) is 0. The van der Waals surface area contributed by atoms with E-state index in [9.17, 15) is 0 Å². The van der Waals surface area contributed by atoms with Crippen molar-refractivity contribution < 1.29 is 0 Å². The molecule has 1 atom stereocenters. The van der Waals surface area contributed by atoms with Crippen molar-refractivity contribution >= 4 is 0 Å². The molecule has 0 heterocycles. The summed E-state index contributed by atoms with van der Waals surface area (Å²) in [6.07, 6.45) is 15.8. The zero-order valence-electron chi connectivity index (χ0n) is 7.46. The molecule has 2 aliphatic carbocycles. The van der Waals surface area contributed by atoms with E-state index in [-0.39, 0.29) is 0 Å². The Bertz CT molecular complexity index is 287. The number of hydrogen-bond acceptors (Lipinski definition) is 0. The van der Waals surface area contributed by atoms with Gasteiger partial charge in [-0.2, -0.15) is 0 Å². The van der Waals surface area contributed by atoms with Gasteiger partial charge in [-0.25, -0.2) is 0 Å². The molecule has 0 heteroatoms. The predicted octanol–water partition coefficient (Wildman–Crippen LogP) is 3.40. The molecule has 0 nitrogen and oxygen atoms in total. The summed E-state index contributed by atoms with van der Waals surface area (Å²) in [5.74, 6) is 0.658. The normalized spacial score (nSPS) is 26.2. The Labute approximate surface area is 74.0 Å². The lowest BCUT2D eigenvalue weighted by atomic mass is 9.85. The number of rotatable bonds is 1. The topological polar surface area (TPSA) is 0 Å². The van der Waals surface area contributed by atoms with Crippen LogP contribution in [0.15, 0.2) is 47.6 Å². The van der Waals surface area contributed by atoms with E-state index in [0.717, 1.165) is 6.42 Å². The third-order valence-corrected chi connectivity index (χ3v) is 2.57. The smallest absolute Gasteiger partial charge is 0.00559 e. The second kappa shape index (κ2) is 3.14. The standard InChI is InChI=1S/C12H14/c1-2-10-7-8-11-5-3-4-6-12(11)9-10/h3-7,9,11H,2,8H2,1H3/t11-/m0/s1. The summed E-state index contributed by atoms with van der Waals surface area (Å²) in [6, 6.07) is 0. The maximum Gasteiger partial charge on any atom is 0.00559 e. The molecule has 62 valence electrons. The molecule has 2 aliphatic rings. The average Bonchev–Trinajstić information content (AvgIpc) is 2.17. The molecule has 0 saturated heterocycles. The van der Waals surface area contributed by atoms with E-state index in [0.29, 0.717) is 5.92 Å². The molecule has 2 rings (SSSR count). The first-order valence-corrected chi connectivity index (χ1v) is 4.65. The largest absolute Gasteiger partial charge is 0.0804 e. The van der Waals surface area contributed by atoms with Gasteiger partial charge in [0.2, 0.25) is 0 Å². The van der Waals surface area contributed by atoms with Crippen molar-refractivity contribution in [3.63, 3.8) is 0 Å². The lowest BCUT2D eigenvalue weighted by Crippen LogP contribution is -2.05. The first-order chi connectivity index (χ1) is 5.90. The second-order valence-corrected chi connectivity index (χ2v) is 3.36. The lowest BCUT2D eigenvalue weighted by molar-refractivity contribution is 0.766. The number of hydrogen-bond donors (Lipinski definition) is 0. The van der Waals surface area contributed by atoms with Gasteiger partial charge in [-0.3, -0.25) is 0 Å². The lowest BCUT2D eigenvalue weighted by Gasteiger charge is -2.20. The maximum absolute atomic E-state index is 2.36. The summed E-state index contributed by atoms with van der Waals surface area (Å²) < 4.78 is 0. The van der Waals surface area contributed by atoms with E-state index in [4.69, 9.17) is 0 Å². The molecule has 0 N–H and O–H groups in total. The van der Waals surface area contributed by atoms with Crippen molar-refractivity contribution in [3.8, 4) is 0 Å². The van der Waals surface area contributed by atoms with Crippen LogP contribution in [0.4, 0.5) is 0 Å². The molecule has 0 bridgehead atoms. The highest BCUT2D eigenvalue weighted by molar-refractivity contribution is 5.41. The Morgan fingerprint density at radius 1 is 1.42 bits per heavy atom. The fraction of sp³-hybridized carbons (Fsp3) is 0.333. The van der Waals surface area contributed by atoms with Gasteiger partial charge in [-0.1, -0.05) is 49.0 Å². The van der Waals surface area contributed by atoms with E-state index in [1.54, 1.807) is 0 Å². The van der Waals surface area contributed by atoms with Crippen LogP contribution in [0.25, 0.3) is 0 Å². The van der Waals surface area contributed by atoms with Gasteiger partial charge in [0.05, 0.1) is 0 Å². The van der Waals surface area contributed by atoms with Crippen molar-refractivity contribution in [3.05, 3.63) is 47.6 Å². The fourth-order valence-corrected chi connectivity index (χ4v) is 1.77. The van der Waals surface area contributed by atoms with E-state index >= 15 is 0 Å². The van der Waals surface area contributed by atoms with Gasteiger partial charge in [-0.05, 0) is 18.4 Å². The number of fused-ring (bicyclic) bond motifs is 1. The van der Waals surface area contributed by atoms with Gasteiger partial charge >= 0.3 is 0 Å². The zero-order valence-corrected chi connectivity index (χ0v) is 7.46. The van der Waals surface area contributed by atoms with Crippen molar-refractivity contribution in [2.45, 2.75) is 19.8 Å². The molecular weight excluding hydrogens is 144 g/mol. The van der Waals surface area contributed by atoms with Crippen molar-refractivity contribution in [2.75, 3.05) is 0 Å². The summed E-state index contributed by atoms with van der Waals surface area (Å²) in [5, 5.41) is 0. The summed E-state index contributed by atoms with van der Waals surface area (Å²) in [5.41, 5.74) is 2.97. The van der Waals surface area contributed by atoms with Crippen LogP contribution in [0.3, 0.4) is 0 Å². The number of allylic oxidation sites excluding steroid dienone is 8. The molecule has 12 heavy (non-hydrogen) atoms. The Kier molecular flexibility index (Phi) is 1.99. The van der Waals surface area contributed by atoms with Gasteiger partial charge in [0, 0.05) is 5.92 Å². The van der Waals surface area contributed by atoms with Gasteiger partial charge in [-0.15, -0.1) is 0 Å². The molecule has 0 amide bonds. The van der Waals surface area contributed by atoms with Gasteiger partial charge in [0.25, 0.3) is 0 Å². The van der Waals surface area contributed by atoms with E-state index < -0.39 is 0 Å². The van der Waals surface area contributed by atoms with Crippen molar-refractivity contribution in [2.24, 2.45) is 5.92 Å². The highest BCUT2D eigenvalue weighted by atomic mass is 14.2. The Balaban J connectivity index is 2.26. The average molecular weight is 158 g/mol. The Hall–Kier alpha value is -1.04. The molecule has 0 aromatic heterocycles. The Morgan fingerprint density at radius 3 is 3.17 bits per heavy atom. The molecule has 0 saturated carbocycles. The quantitative estimate of drug-likeness (QED) is 0.548. The van der Waals surface area contributed by atoms with Crippen LogP contribution in [-0.4, -0.2) is 0 Å². The van der Waals surface area contributed by atoms with Crippen LogP contribution >= 0.6 is 0 Å². The predicted molar refractivity (Wildman–Crippen MR) is 52.8 cm³/mol. The van der Waals surface area contributed by atoms with Crippen LogP contribution in [0.5, 0.6) is 0 Å². The first kappa shape index (κ1) is 7.60. The fourth-order valence-electron chi connectivity index (χ4n) is 1.77. The van der Waals surface area contributed by atoms with Gasteiger partial charge in [0.1, 0.15) is 0 Å². The zero-order chi connectivity index (χ0) is 8.39. The molecule has 0 radical (unpaired) electrons. The minimum Gasteiger partial charge on any atom is -0.0804 e. The molecule has 0 fully saturated rings. The third-order valence-electron chi connectivity index (χ3n) is 2.57. The Morgan fingerprint density at radius 2 is 2.33 bits per heavy atom. The first-order valence-electron chi connectivity index (χ1n) is 4.65.